The monoisotopic (exact) mass is 392 g/mol. The van der Waals surface area contributed by atoms with E-state index in [1.807, 2.05) is 13.8 Å². The molecule has 0 heterocycles. The van der Waals surface area contributed by atoms with Crippen molar-refractivity contribution in [3.8, 4) is 0 Å². The molecule has 0 aliphatic heterocycles. The van der Waals surface area contributed by atoms with Gasteiger partial charge in [0.1, 0.15) is 0 Å². The Labute approximate surface area is 181 Å². The minimum absolute atomic E-state index is 0. The summed E-state index contributed by atoms with van der Waals surface area (Å²) in [5, 5.41) is 0. The summed E-state index contributed by atoms with van der Waals surface area (Å²) in [7, 11) is 0. The summed E-state index contributed by atoms with van der Waals surface area (Å²) in [6.45, 7) is 27.9. The van der Waals surface area contributed by atoms with E-state index in [9.17, 15) is 0 Å². The highest BCUT2D eigenvalue weighted by atomic mass is 14.3. The van der Waals surface area contributed by atoms with Gasteiger partial charge >= 0.3 is 0 Å². The van der Waals surface area contributed by atoms with Crippen molar-refractivity contribution in [2.24, 2.45) is 11.3 Å². The van der Waals surface area contributed by atoms with E-state index >= 15 is 0 Å². The largest absolute Gasteiger partial charge is 0.0958 e. The van der Waals surface area contributed by atoms with Crippen LogP contribution in [0.25, 0.3) is 0 Å². The van der Waals surface area contributed by atoms with Gasteiger partial charge in [-0.15, -0.1) is 0 Å². The summed E-state index contributed by atoms with van der Waals surface area (Å²) in [4.78, 5) is 0. The lowest BCUT2D eigenvalue weighted by Crippen LogP contribution is -2.23. The normalized spacial score (nSPS) is 16.8. The summed E-state index contributed by atoms with van der Waals surface area (Å²) < 4.78 is 0. The van der Waals surface area contributed by atoms with E-state index in [-0.39, 0.29) is 29.7 Å². The van der Waals surface area contributed by atoms with Gasteiger partial charge in [0.15, 0.2) is 0 Å². The summed E-state index contributed by atoms with van der Waals surface area (Å²) in [5.41, 5.74) is 8.15. The van der Waals surface area contributed by atoms with Gasteiger partial charge in [-0.05, 0) is 75.0 Å². The van der Waals surface area contributed by atoms with E-state index in [4.69, 9.17) is 0 Å². The minimum atomic E-state index is 0. The van der Waals surface area contributed by atoms with Gasteiger partial charge in [0.2, 0.25) is 0 Å². The van der Waals surface area contributed by atoms with Crippen LogP contribution in [-0.2, 0) is 0 Å². The van der Waals surface area contributed by atoms with Crippen molar-refractivity contribution < 1.29 is 0 Å². The minimum Gasteiger partial charge on any atom is -0.0958 e. The maximum atomic E-state index is 4.16. The summed E-state index contributed by atoms with van der Waals surface area (Å²) >= 11 is 0. The van der Waals surface area contributed by atoms with Crippen molar-refractivity contribution in [2.45, 2.75) is 111 Å². The molecule has 1 aliphatic rings. The van der Waals surface area contributed by atoms with Crippen LogP contribution in [0, 0.1) is 11.3 Å². The number of allylic oxidation sites excluding steroid dienone is 8. The first kappa shape index (κ1) is 37.5. The standard InChI is InChI=1S/C22H34.C2H6.4CH4/c1-15(2)18(6)12-19(16(3)4)13-20-14-21(22(7,8)9)11-10-17(20)5;1-2;;;;/h12-13,21H,1,3,10-11,14H2,2,4-9H3;1-2H3;4*1H4/b18-12+,19-13-;;;;;. The average Bonchev–Trinajstić information content (AvgIpc) is 2.49. The lowest BCUT2D eigenvalue weighted by molar-refractivity contribution is 0.217. The first-order valence-corrected chi connectivity index (χ1v) is 9.42. The Morgan fingerprint density at radius 1 is 0.929 bits per heavy atom. The molecule has 0 radical (unpaired) electrons. The van der Waals surface area contributed by atoms with Crippen molar-refractivity contribution in [1.29, 1.82) is 0 Å². The highest BCUT2D eigenvalue weighted by Crippen LogP contribution is 2.41. The van der Waals surface area contributed by atoms with Gasteiger partial charge in [0, 0.05) is 0 Å². The molecule has 0 heteroatoms. The quantitative estimate of drug-likeness (QED) is 0.417. The Bertz CT molecular complexity index is 541. The second kappa shape index (κ2) is 16.6. The van der Waals surface area contributed by atoms with E-state index in [0.717, 1.165) is 17.1 Å². The Kier molecular flexibility index (Phi) is 22.3. The van der Waals surface area contributed by atoms with Gasteiger partial charge in [-0.2, -0.15) is 0 Å². The molecular formula is C28H56. The fourth-order valence-corrected chi connectivity index (χ4v) is 2.85. The first-order chi connectivity index (χ1) is 11.0. The van der Waals surface area contributed by atoms with Gasteiger partial charge in [-0.25, -0.2) is 0 Å². The van der Waals surface area contributed by atoms with Crippen molar-refractivity contribution in [2.75, 3.05) is 0 Å². The SMILES string of the molecule is C.C.C.C.C=C(C)C(=C\C1=C(C)CCC(C(C)(C)C)C1)/C=C(\C)C(=C)C.CC. The Morgan fingerprint density at radius 2 is 1.39 bits per heavy atom. The molecule has 1 rings (SSSR count). The number of hydrogen-bond acceptors (Lipinski definition) is 0. The Balaban J connectivity index is -0.000000284. The van der Waals surface area contributed by atoms with Crippen LogP contribution in [0.2, 0.25) is 0 Å². The van der Waals surface area contributed by atoms with Gasteiger partial charge in [0.25, 0.3) is 0 Å². The number of rotatable bonds is 4. The van der Waals surface area contributed by atoms with E-state index in [1.165, 1.54) is 36.0 Å². The fourth-order valence-electron chi connectivity index (χ4n) is 2.85. The van der Waals surface area contributed by atoms with Crippen LogP contribution in [0.1, 0.15) is 111 Å². The van der Waals surface area contributed by atoms with Crippen molar-refractivity contribution in [3.05, 3.63) is 58.7 Å². The highest BCUT2D eigenvalue weighted by molar-refractivity contribution is 5.47. The van der Waals surface area contributed by atoms with Crippen molar-refractivity contribution in [3.63, 3.8) is 0 Å². The molecule has 0 saturated carbocycles. The molecule has 1 atom stereocenters. The second-order valence-electron chi connectivity index (χ2n) is 8.10. The number of hydrogen-bond donors (Lipinski definition) is 0. The van der Waals surface area contributed by atoms with Crippen LogP contribution in [0.15, 0.2) is 58.7 Å². The van der Waals surface area contributed by atoms with Gasteiger partial charge in [-0.1, -0.05) is 106 Å². The summed E-state index contributed by atoms with van der Waals surface area (Å²) in [6, 6.07) is 0. The molecule has 0 saturated heterocycles. The van der Waals surface area contributed by atoms with Crippen LogP contribution in [0.3, 0.4) is 0 Å². The predicted molar refractivity (Wildman–Crippen MR) is 139 cm³/mol. The molecular weight excluding hydrogens is 336 g/mol. The predicted octanol–water partition coefficient (Wildman–Crippen LogP) is 10.7. The summed E-state index contributed by atoms with van der Waals surface area (Å²) in [5.74, 6) is 0.764. The van der Waals surface area contributed by atoms with Gasteiger partial charge in [0.05, 0.1) is 0 Å². The third-order valence-electron chi connectivity index (χ3n) is 4.97. The molecule has 28 heavy (non-hydrogen) atoms. The molecule has 0 aromatic heterocycles. The zero-order valence-corrected chi connectivity index (χ0v) is 17.8. The molecule has 0 fully saturated rings. The van der Waals surface area contributed by atoms with Gasteiger partial charge < -0.3 is 0 Å². The van der Waals surface area contributed by atoms with Crippen molar-refractivity contribution >= 4 is 0 Å². The molecule has 0 aromatic rings. The molecule has 0 bridgehead atoms. The molecule has 168 valence electrons. The zero-order valence-electron chi connectivity index (χ0n) is 17.8. The topological polar surface area (TPSA) is 0 Å². The molecule has 0 spiro atoms. The molecule has 0 nitrogen and oxygen atoms in total. The molecule has 1 aliphatic carbocycles. The van der Waals surface area contributed by atoms with Crippen LogP contribution >= 0.6 is 0 Å². The lowest BCUT2D eigenvalue weighted by atomic mass is 9.70. The average molecular weight is 393 g/mol. The smallest absolute Gasteiger partial charge is 0.0228 e. The van der Waals surface area contributed by atoms with Gasteiger partial charge in [-0.3, -0.25) is 0 Å². The highest BCUT2D eigenvalue weighted by Gasteiger charge is 2.28. The molecule has 1 unspecified atom stereocenters. The van der Waals surface area contributed by atoms with Crippen LogP contribution < -0.4 is 0 Å². The molecule has 0 amide bonds. The first-order valence-electron chi connectivity index (χ1n) is 9.42. The Morgan fingerprint density at radius 3 is 1.75 bits per heavy atom. The van der Waals surface area contributed by atoms with Crippen LogP contribution in [0.5, 0.6) is 0 Å². The Hall–Kier alpha value is -1.30. The zero-order chi connectivity index (χ0) is 19.1. The van der Waals surface area contributed by atoms with E-state index in [0.29, 0.717) is 5.41 Å². The van der Waals surface area contributed by atoms with E-state index < -0.39 is 0 Å². The van der Waals surface area contributed by atoms with Crippen molar-refractivity contribution in [1.82, 2.24) is 0 Å². The van der Waals surface area contributed by atoms with Crippen LogP contribution in [0.4, 0.5) is 0 Å². The van der Waals surface area contributed by atoms with Crippen LogP contribution in [-0.4, -0.2) is 0 Å². The molecule has 0 N–H and O–H groups in total. The fraction of sp³-hybridized carbons (Fsp3) is 0.643. The molecule has 0 aromatic carbocycles. The lowest BCUT2D eigenvalue weighted by Gasteiger charge is -2.35. The maximum Gasteiger partial charge on any atom is -0.0228 e. The van der Waals surface area contributed by atoms with E-state index in [1.54, 1.807) is 5.57 Å². The maximum absolute atomic E-state index is 4.16. The third-order valence-corrected chi connectivity index (χ3v) is 4.97. The second-order valence-corrected chi connectivity index (χ2v) is 8.10. The summed E-state index contributed by atoms with van der Waals surface area (Å²) in [6.07, 6.45) is 8.32. The third kappa shape index (κ3) is 12.2. The van der Waals surface area contributed by atoms with E-state index in [2.05, 4.69) is 73.8 Å².